The van der Waals surface area contributed by atoms with E-state index in [1.54, 1.807) is 0 Å². The van der Waals surface area contributed by atoms with Gasteiger partial charge in [-0.25, -0.2) is 0 Å². The second-order valence-corrected chi connectivity index (χ2v) is 8.20. The molecule has 4 rings (SSSR count). The standard InChI is InChI=1S/C22H25NO2/c1-14-11-12-16-17(19(14)24)18-20(21(2,3)13-25-22(18,4)5)23(16)15-9-7-6-8-10-15/h6-12,24H,13H2,1-5H3. The Kier molecular flexibility index (Phi) is 3.32. The number of hydrogen-bond donors (Lipinski definition) is 1. The van der Waals surface area contributed by atoms with Gasteiger partial charge >= 0.3 is 0 Å². The van der Waals surface area contributed by atoms with Gasteiger partial charge in [0.2, 0.25) is 0 Å². The van der Waals surface area contributed by atoms with Crippen LogP contribution in [0.3, 0.4) is 0 Å². The largest absolute Gasteiger partial charge is 0.507 e. The van der Waals surface area contributed by atoms with Gasteiger partial charge in [-0.2, -0.15) is 0 Å². The maximum atomic E-state index is 10.9. The molecule has 0 amide bonds. The highest BCUT2D eigenvalue weighted by Gasteiger charge is 2.43. The molecule has 0 fully saturated rings. The molecule has 0 saturated heterocycles. The maximum Gasteiger partial charge on any atom is 0.128 e. The summed E-state index contributed by atoms with van der Waals surface area (Å²) in [7, 11) is 0. The number of benzene rings is 2. The van der Waals surface area contributed by atoms with E-state index in [2.05, 4.69) is 62.6 Å². The monoisotopic (exact) mass is 335 g/mol. The molecule has 0 aliphatic carbocycles. The Hall–Kier alpha value is -2.26. The van der Waals surface area contributed by atoms with Crippen molar-refractivity contribution in [3.05, 3.63) is 59.3 Å². The van der Waals surface area contributed by atoms with Crippen LogP contribution in [0, 0.1) is 6.92 Å². The van der Waals surface area contributed by atoms with Crippen LogP contribution < -0.4 is 0 Å². The molecule has 3 aromatic rings. The summed E-state index contributed by atoms with van der Waals surface area (Å²) in [5, 5.41) is 11.8. The van der Waals surface area contributed by atoms with Crippen molar-refractivity contribution in [2.45, 2.75) is 45.6 Å². The topological polar surface area (TPSA) is 34.4 Å². The molecule has 2 heterocycles. The van der Waals surface area contributed by atoms with E-state index in [0.717, 1.165) is 27.7 Å². The first-order chi connectivity index (χ1) is 11.7. The van der Waals surface area contributed by atoms with Crippen LogP contribution in [-0.2, 0) is 15.8 Å². The highest BCUT2D eigenvalue weighted by atomic mass is 16.5. The quantitative estimate of drug-likeness (QED) is 0.664. The molecule has 1 N–H and O–H groups in total. The van der Waals surface area contributed by atoms with E-state index in [1.807, 2.05) is 19.1 Å². The van der Waals surface area contributed by atoms with E-state index in [-0.39, 0.29) is 5.41 Å². The molecule has 0 bridgehead atoms. The lowest BCUT2D eigenvalue weighted by molar-refractivity contribution is -0.0590. The number of ether oxygens (including phenoxy) is 1. The van der Waals surface area contributed by atoms with Gasteiger partial charge in [-0.3, -0.25) is 0 Å². The average Bonchev–Trinajstić information content (AvgIpc) is 2.94. The van der Waals surface area contributed by atoms with Gasteiger partial charge in [0.15, 0.2) is 0 Å². The lowest BCUT2D eigenvalue weighted by Crippen LogP contribution is -2.40. The summed E-state index contributed by atoms with van der Waals surface area (Å²) < 4.78 is 8.53. The molecule has 1 aliphatic heterocycles. The zero-order valence-electron chi connectivity index (χ0n) is 15.6. The van der Waals surface area contributed by atoms with Gasteiger partial charge in [0, 0.05) is 27.7 Å². The zero-order chi connectivity index (χ0) is 18.0. The number of aromatic nitrogens is 1. The Balaban J connectivity index is 2.25. The molecule has 2 aromatic carbocycles. The lowest BCUT2D eigenvalue weighted by Gasteiger charge is -2.41. The maximum absolute atomic E-state index is 10.9. The van der Waals surface area contributed by atoms with Gasteiger partial charge in [-0.05, 0) is 44.5 Å². The van der Waals surface area contributed by atoms with Crippen LogP contribution in [0.4, 0.5) is 0 Å². The van der Waals surface area contributed by atoms with Gasteiger partial charge in [0.1, 0.15) is 5.75 Å². The van der Waals surface area contributed by atoms with Crippen LogP contribution in [0.25, 0.3) is 16.6 Å². The van der Waals surface area contributed by atoms with Crippen LogP contribution in [0.5, 0.6) is 5.75 Å². The average molecular weight is 335 g/mol. The first kappa shape index (κ1) is 16.2. The minimum absolute atomic E-state index is 0.153. The summed E-state index contributed by atoms with van der Waals surface area (Å²) in [6.45, 7) is 11.2. The van der Waals surface area contributed by atoms with Gasteiger partial charge in [0.05, 0.1) is 17.7 Å². The number of phenolic OH excluding ortho intramolecular Hbond substituents is 1. The summed E-state index contributed by atoms with van der Waals surface area (Å²) in [6, 6.07) is 14.5. The Bertz CT molecular complexity index is 965. The van der Waals surface area contributed by atoms with Crippen molar-refractivity contribution in [2.24, 2.45) is 0 Å². The van der Waals surface area contributed by atoms with Crippen LogP contribution in [0.2, 0.25) is 0 Å². The summed E-state index contributed by atoms with van der Waals surface area (Å²) in [4.78, 5) is 0. The summed E-state index contributed by atoms with van der Waals surface area (Å²) in [5.74, 6) is 0.359. The fourth-order valence-electron chi connectivity index (χ4n) is 4.04. The van der Waals surface area contributed by atoms with E-state index in [9.17, 15) is 5.11 Å². The fraction of sp³-hybridized carbons (Fsp3) is 0.364. The van der Waals surface area contributed by atoms with E-state index < -0.39 is 5.60 Å². The Morgan fingerprint density at radius 3 is 2.36 bits per heavy atom. The third kappa shape index (κ3) is 2.22. The molecule has 0 atom stereocenters. The van der Waals surface area contributed by atoms with E-state index >= 15 is 0 Å². The molecule has 0 spiro atoms. The fourth-order valence-corrected chi connectivity index (χ4v) is 4.04. The molecule has 3 nitrogen and oxygen atoms in total. The predicted molar refractivity (Wildman–Crippen MR) is 102 cm³/mol. The lowest BCUT2D eigenvalue weighted by atomic mass is 9.79. The SMILES string of the molecule is Cc1ccc2c(c1O)c1c(n2-c2ccccc2)C(C)(C)COC1(C)C. The number of aryl methyl sites for hydroxylation is 1. The van der Waals surface area contributed by atoms with Crippen LogP contribution in [0.15, 0.2) is 42.5 Å². The van der Waals surface area contributed by atoms with Crippen LogP contribution in [0.1, 0.15) is 44.5 Å². The molecular weight excluding hydrogens is 310 g/mol. The van der Waals surface area contributed by atoms with Gasteiger partial charge in [-0.15, -0.1) is 0 Å². The highest BCUT2D eigenvalue weighted by molar-refractivity contribution is 5.94. The molecule has 3 heteroatoms. The molecule has 25 heavy (non-hydrogen) atoms. The number of nitrogens with zero attached hydrogens (tertiary/aromatic N) is 1. The molecule has 0 saturated carbocycles. The van der Waals surface area contributed by atoms with Gasteiger partial charge in [0.25, 0.3) is 0 Å². The third-order valence-electron chi connectivity index (χ3n) is 5.36. The summed E-state index contributed by atoms with van der Waals surface area (Å²) >= 11 is 0. The summed E-state index contributed by atoms with van der Waals surface area (Å²) in [6.07, 6.45) is 0. The molecular formula is C22H25NO2. The first-order valence-corrected chi connectivity index (χ1v) is 8.81. The van der Waals surface area contributed by atoms with Crippen molar-refractivity contribution in [1.29, 1.82) is 0 Å². The molecule has 130 valence electrons. The minimum Gasteiger partial charge on any atom is -0.507 e. The first-order valence-electron chi connectivity index (χ1n) is 8.81. The Labute approximate surface area is 148 Å². The van der Waals surface area contributed by atoms with E-state index in [0.29, 0.717) is 12.4 Å². The molecule has 0 radical (unpaired) electrons. The van der Waals surface area contributed by atoms with Crippen LogP contribution in [-0.4, -0.2) is 16.3 Å². The van der Waals surface area contributed by atoms with Crippen molar-refractivity contribution in [1.82, 2.24) is 4.57 Å². The van der Waals surface area contributed by atoms with Crippen molar-refractivity contribution in [2.75, 3.05) is 6.61 Å². The second kappa shape index (κ2) is 5.12. The van der Waals surface area contributed by atoms with Gasteiger partial charge < -0.3 is 14.4 Å². The number of aromatic hydroxyl groups is 1. The number of rotatable bonds is 1. The van der Waals surface area contributed by atoms with Crippen molar-refractivity contribution in [3.8, 4) is 11.4 Å². The van der Waals surface area contributed by atoms with Crippen molar-refractivity contribution < 1.29 is 9.84 Å². The van der Waals surface area contributed by atoms with E-state index in [4.69, 9.17) is 4.74 Å². The number of phenols is 1. The van der Waals surface area contributed by atoms with Crippen molar-refractivity contribution >= 4 is 10.9 Å². The molecule has 0 unspecified atom stereocenters. The Morgan fingerprint density at radius 2 is 1.68 bits per heavy atom. The predicted octanol–water partition coefficient (Wildman–Crippen LogP) is 5.19. The highest BCUT2D eigenvalue weighted by Crippen LogP contribution is 2.50. The smallest absolute Gasteiger partial charge is 0.128 e. The third-order valence-corrected chi connectivity index (χ3v) is 5.36. The zero-order valence-corrected chi connectivity index (χ0v) is 15.6. The molecule has 1 aliphatic rings. The van der Waals surface area contributed by atoms with E-state index in [1.165, 1.54) is 5.69 Å². The van der Waals surface area contributed by atoms with Gasteiger partial charge in [-0.1, -0.05) is 38.1 Å². The normalized spacial score (nSPS) is 18.3. The number of para-hydroxylation sites is 1. The van der Waals surface area contributed by atoms with Crippen LogP contribution >= 0.6 is 0 Å². The number of fused-ring (bicyclic) bond motifs is 3. The summed E-state index contributed by atoms with van der Waals surface area (Å²) in [5.41, 5.74) is 4.76. The number of hydrogen-bond acceptors (Lipinski definition) is 2. The second-order valence-electron chi connectivity index (χ2n) is 8.20. The molecule has 1 aromatic heterocycles. The van der Waals surface area contributed by atoms with Crippen molar-refractivity contribution in [3.63, 3.8) is 0 Å². The Morgan fingerprint density at radius 1 is 1.00 bits per heavy atom. The minimum atomic E-state index is -0.450.